The number of carbonyl (C=O) groups is 6. The Hall–Kier alpha value is -4.89. The quantitative estimate of drug-likeness (QED) is 0.107. The van der Waals surface area contributed by atoms with Crippen molar-refractivity contribution in [2.75, 3.05) is 26.3 Å². The summed E-state index contributed by atoms with van der Waals surface area (Å²) in [6.45, 7) is 6.35. The number of carbonyl (C=O) groups excluding carboxylic acids is 6. The van der Waals surface area contributed by atoms with Gasteiger partial charge in [0.25, 0.3) is 0 Å². The van der Waals surface area contributed by atoms with E-state index >= 15 is 0 Å². The third kappa shape index (κ3) is 14.3. The molecule has 5 atom stereocenters. The molecule has 0 radical (unpaired) electrons. The highest BCUT2D eigenvalue weighted by atomic mass is 16.5. The first-order valence-corrected chi connectivity index (χ1v) is 23.2. The second-order valence-electron chi connectivity index (χ2n) is 18.7. The largest absolute Gasteiger partial charge is 0.493 e. The monoisotopic (exact) mass is 865 g/mol. The summed E-state index contributed by atoms with van der Waals surface area (Å²) in [5.41, 5.74) is 10.5. The van der Waals surface area contributed by atoms with E-state index in [0.29, 0.717) is 56.6 Å². The predicted molar refractivity (Wildman–Crippen MR) is 236 cm³/mol. The molecule has 8 N–H and O–H groups in total. The second-order valence-corrected chi connectivity index (χ2v) is 18.7. The number of rotatable bonds is 11. The van der Waals surface area contributed by atoms with Gasteiger partial charge in [-0.2, -0.15) is 0 Å². The molecule has 2 aliphatic carbocycles. The van der Waals surface area contributed by atoms with Crippen molar-refractivity contribution in [2.45, 2.75) is 167 Å². The predicted octanol–water partition coefficient (Wildman–Crippen LogP) is 3.78. The van der Waals surface area contributed by atoms with Crippen molar-refractivity contribution < 1.29 is 38.2 Å². The fourth-order valence-electron chi connectivity index (χ4n) is 9.27. The van der Waals surface area contributed by atoms with Gasteiger partial charge in [-0.15, -0.1) is 0 Å². The Morgan fingerprint density at radius 3 is 2.19 bits per heavy atom. The normalized spacial score (nSPS) is 23.8. The average molecular weight is 865 g/mol. The first-order valence-electron chi connectivity index (χ1n) is 23.2. The second kappa shape index (κ2) is 23.5. The molecule has 2 bridgehead atoms. The van der Waals surface area contributed by atoms with E-state index in [0.717, 1.165) is 64.2 Å². The van der Waals surface area contributed by atoms with Crippen LogP contribution in [0.5, 0.6) is 11.5 Å². The number of Topliss-reactive ketones (excluding diaryl/α,β-unsaturated/α-hetero) is 1. The highest BCUT2D eigenvalue weighted by Crippen LogP contribution is 2.31. The molecule has 16 nitrogen and oxygen atoms in total. The molecule has 16 heteroatoms. The molecule has 2 saturated carbocycles. The number of ketones is 1. The number of guanidine groups is 1. The lowest BCUT2D eigenvalue weighted by Crippen LogP contribution is -2.61. The minimum atomic E-state index is -1.32. The summed E-state index contributed by atoms with van der Waals surface area (Å²) < 4.78 is 12.1. The molecule has 5 rings (SSSR count). The zero-order chi connectivity index (χ0) is 44.6. The van der Waals surface area contributed by atoms with E-state index in [1.807, 2.05) is 20.8 Å². The van der Waals surface area contributed by atoms with Gasteiger partial charge in [-0.1, -0.05) is 78.2 Å². The first-order chi connectivity index (χ1) is 29.7. The van der Waals surface area contributed by atoms with Gasteiger partial charge in [0, 0.05) is 31.5 Å². The molecule has 0 unspecified atom stereocenters. The molecule has 0 spiro atoms. The van der Waals surface area contributed by atoms with Gasteiger partial charge in [0.15, 0.2) is 11.7 Å². The van der Waals surface area contributed by atoms with Gasteiger partial charge in [-0.3, -0.25) is 33.8 Å². The van der Waals surface area contributed by atoms with E-state index in [1.165, 1.54) is 0 Å². The number of aliphatic imine (C=N–C) groups is 1. The van der Waals surface area contributed by atoms with Crippen LogP contribution in [0, 0.1) is 17.3 Å². The fraction of sp³-hybridized carbons (Fsp3) is 0.717. The molecule has 1 aromatic carbocycles. The van der Waals surface area contributed by atoms with E-state index < -0.39 is 59.3 Å². The van der Waals surface area contributed by atoms with Crippen LogP contribution < -0.4 is 42.2 Å². The minimum Gasteiger partial charge on any atom is -0.493 e. The summed E-state index contributed by atoms with van der Waals surface area (Å²) in [4.78, 5) is 90.6. The van der Waals surface area contributed by atoms with Crippen molar-refractivity contribution in [3.05, 3.63) is 24.3 Å². The molecule has 2 heterocycles. The number of benzene rings is 1. The Labute approximate surface area is 367 Å². The molecular weight excluding hydrogens is 793 g/mol. The molecular formula is C46H72N8O8. The molecule has 1 aromatic rings. The zero-order valence-electron chi connectivity index (χ0n) is 37.2. The third-order valence-electron chi connectivity index (χ3n) is 12.8. The zero-order valence-corrected chi connectivity index (χ0v) is 37.2. The van der Waals surface area contributed by atoms with Gasteiger partial charge in [0.1, 0.15) is 42.3 Å². The van der Waals surface area contributed by atoms with E-state index in [2.05, 4.69) is 26.3 Å². The number of nitrogens with zero attached hydrogens (tertiary/aromatic N) is 2. The van der Waals surface area contributed by atoms with Crippen LogP contribution in [-0.4, -0.2) is 103 Å². The van der Waals surface area contributed by atoms with Gasteiger partial charge in [0.05, 0.1) is 12.6 Å². The number of hydrogen-bond donors (Lipinski definition) is 6. The summed E-state index contributed by atoms with van der Waals surface area (Å²) in [5.74, 6) is -1.94. The van der Waals surface area contributed by atoms with Crippen LogP contribution in [-0.2, 0) is 28.8 Å². The Bertz CT molecular complexity index is 1710. The van der Waals surface area contributed by atoms with Crippen molar-refractivity contribution >= 4 is 41.3 Å². The topological polar surface area (TPSA) is 237 Å². The summed E-state index contributed by atoms with van der Waals surface area (Å²) in [7, 11) is 0. The van der Waals surface area contributed by atoms with Crippen LogP contribution in [0.25, 0.3) is 0 Å². The molecule has 2 aliphatic heterocycles. The van der Waals surface area contributed by atoms with Crippen LogP contribution in [0.3, 0.4) is 0 Å². The molecule has 3 fully saturated rings. The van der Waals surface area contributed by atoms with Crippen molar-refractivity contribution in [1.29, 1.82) is 0 Å². The molecule has 1 saturated heterocycles. The lowest BCUT2D eigenvalue weighted by Gasteiger charge is -2.35. The van der Waals surface area contributed by atoms with Gasteiger partial charge in [0.2, 0.25) is 29.5 Å². The Balaban J connectivity index is 1.43. The van der Waals surface area contributed by atoms with E-state index in [-0.39, 0.29) is 62.1 Å². The summed E-state index contributed by atoms with van der Waals surface area (Å²) in [5, 5.41) is 11.8. The maximum absolute atomic E-state index is 14.5. The summed E-state index contributed by atoms with van der Waals surface area (Å²) >= 11 is 0. The molecule has 62 heavy (non-hydrogen) atoms. The van der Waals surface area contributed by atoms with Crippen LogP contribution in [0.2, 0.25) is 0 Å². The molecule has 4 aliphatic rings. The third-order valence-corrected chi connectivity index (χ3v) is 12.8. The lowest BCUT2D eigenvalue weighted by molar-refractivity contribution is -0.140. The Morgan fingerprint density at radius 1 is 0.839 bits per heavy atom. The highest BCUT2D eigenvalue weighted by Gasteiger charge is 2.41. The number of nitrogens with one attached hydrogen (secondary N) is 4. The SMILES string of the molecule is CC(C)(C)[C@H](NC(=O)[C@H](CCCN=C(N)N)NC(=O)[C@@H]1COc2cccc(c2)OCCCC(=O)N2CCC[C@H]2C(=O)N[C@@H](C2CCCCC2)C(=O)N1)C(=O)C1CCCCCCC1. The van der Waals surface area contributed by atoms with Crippen molar-refractivity contribution in [1.82, 2.24) is 26.2 Å². The van der Waals surface area contributed by atoms with Crippen LogP contribution >= 0.6 is 0 Å². The van der Waals surface area contributed by atoms with Crippen molar-refractivity contribution in [3.8, 4) is 11.5 Å². The van der Waals surface area contributed by atoms with Crippen LogP contribution in [0.15, 0.2) is 29.3 Å². The van der Waals surface area contributed by atoms with E-state index in [9.17, 15) is 28.8 Å². The summed E-state index contributed by atoms with van der Waals surface area (Å²) in [6, 6.07) is 1.92. The van der Waals surface area contributed by atoms with Gasteiger partial charge < -0.3 is 47.1 Å². The number of hydrogen-bond acceptors (Lipinski definition) is 9. The van der Waals surface area contributed by atoms with Gasteiger partial charge in [-0.25, -0.2) is 0 Å². The molecule has 0 aromatic heterocycles. The minimum absolute atomic E-state index is 0.00467. The Kier molecular flexibility index (Phi) is 18.3. The smallest absolute Gasteiger partial charge is 0.246 e. The van der Waals surface area contributed by atoms with Gasteiger partial charge in [-0.05, 0) is 81.3 Å². The van der Waals surface area contributed by atoms with E-state index in [4.69, 9.17) is 20.9 Å². The standard InChI is InChI=1S/C46H72N8O8/c1-46(2,3)40(39(56)31-18-8-5-4-6-9-19-31)53-41(57)34(22-13-25-49-45(47)48)50-42(58)35-29-62-33-21-12-20-32(28-33)61-27-15-24-37(55)54-26-14-23-36(54)43(59)52-38(44(60)51-35)30-16-10-7-11-17-30/h12,20-21,28,30-31,34-36,38,40H,4-11,13-19,22-27,29H2,1-3H3,(H,50,58)(H,51,60)(H,52,59)(H,53,57)(H4,47,48,49)/t34-,35-,36-,38-,40+/m0/s1. The maximum Gasteiger partial charge on any atom is 0.246 e. The average Bonchev–Trinajstić information content (AvgIpc) is 3.73. The van der Waals surface area contributed by atoms with E-state index in [1.54, 1.807) is 29.2 Å². The number of nitrogens with two attached hydrogens (primary N) is 2. The van der Waals surface area contributed by atoms with Gasteiger partial charge >= 0.3 is 0 Å². The number of amides is 5. The number of fused-ring (bicyclic) bond motifs is 3. The fourth-order valence-corrected chi connectivity index (χ4v) is 9.27. The van der Waals surface area contributed by atoms with Crippen molar-refractivity contribution in [3.63, 3.8) is 0 Å². The maximum atomic E-state index is 14.5. The van der Waals surface area contributed by atoms with Crippen LogP contribution in [0.1, 0.15) is 136 Å². The van der Waals surface area contributed by atoms with Crippen LogP contribution in [0.4, 0.5) is 0 Å². The Morgan fingerprint density at radius 2 is 1.50 bits per heavy atom. The first kappa shape index (κ1) is 48.1. The lowest BCUT2D eigenvalue weighted by atomic mass is 9.77. The van der Waals surface area contributed by atoms with Crippen molar-refractivity contribution in [2.24, 2.45) is 33.7 Å². The molecule has 344 valence electrons. The summed E-state index contributed by atoms with van der Waals surface area (Å²) in [6.07, 6.45) is 13.2. The highest BCUT2D eigenvalue weighted by molar-refractivity contribution is 5.97. The molecule has 5 amide bonds. The number of ether oxygens (including phenoxy) is 2.